The predicted molar refractivity (Wildman–Crippen MR) is 66.2 cm³/mol. The number of carboxylic acids is 1. The van der Waals surface area contributed by atoms with E-state index in [1.54, 1.807) is 11.8 Å². The van der Waals surface area contributed by atoms with Crippen molar-refractivity contribution in [3.8, 4) is 0 Å². The third-order valence-electron chi connectivity index (χ3n) is 2.51. The van der Waals surface area contributed by atoms with Gasteiger partial charge in [-0.1, -0.05) is 33.1 Å². The summed E-state index contributed by atoms with van der Waals surface area (Å²) in [6.07, 6.45) is 4.93. The molecule has 90 valence electrons. The smallest absolute Gasteiger partial charge is 0.321 e. The fourth-order valence-corrected chi connectivity index (χ4v) is 2.60. The normalized spacial score (nSPS) is 14.9. The van der Waals surface area contributed by atoms with Crippen LogP contribution in [0.3, 0.4) is 0 Å². The van der Waals surface area contributed by atoms with Crippen molar-refractivity contribution >= 4 is 17.7 Å². The zero-order valence-corrected chi connectivity index (χ0v) is 10.6. The molecule has 0 amide bonds. The molecule has 0 aliphatic heterocycles. The van der Waals surface area contributed by atoms with E-state index in [2.05, 4.69) is 13.8 Å². The molecule has 0 saturated carbocycles. The van der Waals surface area contributed by atoms with Crippen LogP contribution >= 0.6 is 11.8 Å². The Bertz CT molecular complexity index is 176. The molecule has 0 aliphatic rings. The molecule has 0 saturated heterocycles. The molecule has 15 heavy (non-hydrogen) atoms. The van der Waals surface area contributed by atoms with Gasteiger partial charge in [0.15, 0.2) is 0 Å². The Morgan fingerprint density at radius 2 is 2.07 bits per heavy atom. The highest BCUT2D eigenvalue weighted by atomic mass is 32.2. The van der Waals surface area contributed by atoms with Crippen LogP contribution in [0, 0.1) is 5.92 Å². The number of thioether (sulfide) groups is 1. The maximum absolute atomic E-state index is 10.5. The Morgan fingerprint density at radius 3 is 2.53 bits per heavy atom. The summed E-state index contributed by atoms with van der Waals surface area (Å²) in [6, 6.07) is -0.710. The Labute approximate surface area is 96.8 Å². The van der Waals surface area contributed by atoms with E-state index in [1.807, 2.05) is 0 Å². The summed E-state index contributed by atoms with van der Waals surface area (Å²) in [5, 5.41) is 8.61. The molecule has 0 rings (SSSR count). The first-order valence-corrected chi connectivity index (χ1v) is 6.83. The topological polar surface area (TPSA) is 63.3 Å². The minimum Gasteiger partial charge on any atom is -0.480 e. The minimum absolute atomic E-state index is 0.526. The van der Waals surface area contributed by atoms with E-state index in [4.69, 9.17) is 10.8 Å². The van der Waals surface area contributed by atoms with Gasteiger partial charge in [0.05, 0.1) is 0 Å². The minimum atomic E-state index is -0.899. The van der Waals surface area contributed by atoms with Crippen LogP contribution in [0.15, 0.2) is 0 Å². The van der Waals surface area contributed by atoms with E-state index >= 15 is 0 Å². The molecule has 0 aromatic rings. The number of unbranched alkanes of at least 4 members (excludes halogenated alkanes) is 1. The van der Waals surface area contributed by atoms with Gasteiger partial charge < -0.3 is 10.8 Å². The molecule has 0 fully saturated rings. The van der Waals surface area contributed by atoms with Gasteiger partial charge in [0.1, 0.15) is 6.04 Å². The molecule has 4 heteroatoms. The maximum atomic E-state index is 10.5. The van der Waals surface area contributed by atoms with Gasteiger partial charge >= 0.3 is 5.97 Å². The highest BCUT2D eigenvalue weighted by Gasteiger charge is 2.12. The van der Waals surface area contributed by atoms with E-state index in [0.29, 0.717) is 5.75 Å². The number of nitrogens with two attached hydrogens (primary N) is 1. The highest BCUT2D eigenvalue weighted by Crippen LogP contribution is 2.18. The van der Waals surface area contributed by atoms with Crippen LogP contribution in [0.1, 0.15) is 39.5 Å². The van der Waals surface area contributed by atoms with Crippen molar-refractivity contribution in [1.82, 2.24) is 0 Å². The largest absolute Gasteiger partial charge is 0.480 e. The second-order valence-corrected chi connectivity index (χ2v) is 4.97. The number of hydrogen-bond donors (Lipinski definition) is 2. The van der Waals surface area contributed by atoms with Gasteiger partial charge in [-0.05, 0) is 18.1 Å². The van der Waals surface area contributed by atoms with Gasteiger partial charge in [-0.15, -0.1) is 0 Å². The zero-order chi connectivity index (χ0) is 11.7. The van der Waals surface area contributed by atoms with Crippen molar-refractivity contribution < 1.29 is 9.90 Å². The van der Waals surface area contributed by atoms with E-state index in [9.17, 15) is 4.79 Å². The van der Waals surface area contributed by atoms with Crippen LogP contribution < -0.4 is 5.73 Å². The number of hydrogen-bond acceptors (Lipinski definition) is 3. The van der Waals surface area contributed by atoms with Crippen molar-refractivity contribution in [2.24, 2.45) is 11.7 Å². The molecular weight excluding hydrogens is 210 g/mol. The fraction of sp³-hybridized carbons (Fsp3) is 0.909. The Hall–Kier alpha value is -0.220. The van der Waals surface area contributed by atoms with E-state index in [1.165, 1.54) is 25.7 Å². The van der Waals surface area contributed by atoms with Gasteiger partial charge in [0, 0.05) is 5.75 Å². The van der Waals surface area contributed by atoms with Crippen LogP contribution in [-0.4, -0.2) is 28.6 Å². The number of rotatable bonds is 9. The molecule has 3 nitrogen and oxygen atoms in total. The summed E-state index contributed by atoms with van der Waals surface area (Å²) in [6.45, 7) is 4.39. The standard InChI is InChI=1S/C11H23NO2S/c1-3-5-6-9(4-2)7-15-8-10(12)11(13)14/h9-10H,3-8,12H2,1-2H3,(H,13,14)/t9?,10-/m0/s1. The maximum Gasteiger partial charge on any atom is 0.321 e. The molecular formula is C11H23NO2S. The third kappa shape index (κ3) is 7.68. The average molecular weight is 233 g/mol. The van der Waals surface area contributed by atoms with Crippen LogP contribution in [0.4, 0.5) is 0 Å². The summed E-state index contributed by atoms with van der Waals surface area (Å²) >= 11 is 1.67. The summed E-state index contributed by atoms with van der Waals surface area (Å²) in [5.41, 5.74) is 5.42. The number of carbonyl (C=O) groups is 1. The molecule has 0 aromatic carbocycles. The van der Waals surface area contributed by atoms with Crippen molar-refractivity contribution in [2.45, 2.75) is 45.6 Å². The second kappa shape index (κ2) is 9.04. The van der Waals surface area contributed by atoms with Crippen molar-refractivity contribution in [3.05, 3.63) is 0 Å². The Morgan fingerprint density at radius 1 is 1.40 bits per heavy atom. The van der Waals surface area contributed by atoms with E-state index < -0.39 is 12.0 Å². The van der Waals surface area contributed by atoms with Crippen LogP contribution in [0.5, 0.6) is 0 Å². The van der Waals surface area contributed by atoms with Gasteiger partial charge in [-0.25, -0.2) is 0 Å². The van der Waals surface area contributed by atoms with Crippen LogP contribution in [0.25, 0.3) is 0 Å². The van der Waals surface area contributed by atoms with E-state index in [-0.39, 0.29) is 0 Å². The molecule has 1 unspecified atom stereocenters. The monoisotopic (exact) mass is 233 g/mol. The first-order valence-electron chi connectivity index (χ1n) is 5.67. The van der Waals surface area contributed by atoms with Crippen molar-refractivity contribution in [1.29, 1.82) is 0 Å². The van der Waals surface area contributed by atoms with Crippen LogP contribution in [-0.2, 0) is 4.79 Å². The Kier molecular flexibility index (Phi) is 8.91. The lowest BCUT2D eigenvalue weighted by atomic mass is 10.0. The van der Waals surface area contributed by atoms with Gasteiger partial charge in [0.25, 0.3) is 0 Å². The lowest BCUT2D eigenvalue weighted by molar-refractivity contribution is -0.137. The van der Waals surface area contributed by atoms with Gasteiger partial charge in [-0.3, -0.25) is 4.79 Å². The fourth-order valence-electron chi connectivity index (χ4n) is 1.33. The molecule has 0 bridgehead atoms. The van der Waals surface area contributed by atoms with E-state index in [0.717, 1.165) is 11.7 Å². The van der Waals surface area contributed by atoms with Gasteiger partial charge in [-0.2, -0.15) is 11.8 Å². The molecule has 0 radical (unpaired) electrons. The third-order valence-corrected chi connectivity index (χ3v) is 3.81. The molecule has 0 aliphatic carbocycles. The predicted octanol–water partition coefficient (Wildman–Crippen LogP) is 2.35. The molecule has 0 aromatic heterocycles. The highest BCUT2D eigenvalue weighted by molar-refractivity contribution is 7.99. The number of aliphatic carboxylic acids is 1. The number of carboxylic acid groups (broad SMARTS) is 1. The summed E-state index contributed by atoms with van der Waals surface area (Å²) in [7, 11) is 0. The van der Waals surface area contributed by atoms with Crippen molar-refractivity contribution in [3.63, 3.8) is 0 Å². The SMILES string of the molecule is CCCCC(CC)CSC[C@H](N)C(=O)O. The zero-order valence-electron chi connectivity index (χ0n) is 9.74. The van der Waals surface area contributed by atoms with Crippen LogP contribution in [0.2, 0.25) is 0 Å². The Balaban J connectivity index is 3.57. The van der Waals surface area contributed by atoms with Gasteiger partial charge in [0.2, 0.25) is 0 Å². The summed E-state index contributed by atoms with van der Waals surface area (Å²) in [5.74, 6) is 1.38. The molecule has 3 N–H and O–H groups in total. The first kappa shape index (κ1) is 14.8. The van der Waals surface area contributed by atoms with Crippen molar-refractivity contribution in [2.75, 3.05) is 11.5 Å². The second-order valence-electron chi connectivity index (χ2n) is 3.90. The lowest BCUT2D eigenvalue weighted by Crippen LogP contribution is -2.32. The average Bonchev–Trinajstić information content (AvgIpc) is 2.22. The molecule has 0 spiro atoms. The lowest BCUT2D eigenvalue weighted by Gasteiger charge is -2.14. The summed E-state index contributed by atoms with van der Waals surface area (Å²) in [4.78, 5) is 10.5. The molecule has 2 atom stereocenters. The molecule has 0 heterocycles. The first-order chi connectivity index (χ1) is 7.11. The summed E-state index contributed by atoms with van der Waals surface area (Å²) < 4.78 is 0. The quantitative estimate of drug-likeness (QED) is 0.641.